The fourth-order valence-electron chi connectivity index (χ4n) is 1.76. The first-order valence-corrected chi connectivity index (χ1v) is 4.71. The molecule has 0 amide bonds. The molecule has 0 fully saturated rings. The van der Waals surface area contributed by atoms with E-state index in [4.69, 9.17) is 0 Å². The minimum Gasteiger partial charge on any atom is -0.153 e. The maximum Gasteiger partial charge on any atom is 0.0141 e. The van der Waals surface area contributed by atoms with E-state index in [-0.39, 0.29) is 15.3 Å². The molecule has 0 aliphatic heterocycles. The zero-order chi connectivity index (χ0) is 9.15. The molecule has 1 aromatic carbocycles. The quantitative estimate of drug-likeness (QED) is 0.614. The van der Waals surface area contributed by atoms with Crippen molar-refractivity contribution in [2.45, 2.75) is 18.8 Å². The van der Waals surface area contributed by atoms with Gasteiger partial charge in [-0.15, -0.1) is 0 Å². The van der Waals surface area contributed by atoms with Crippen molar-refractivity contribution >= 4 is 9.90 Å². The van der Waals surface area contributed by atoms with E-state index in [1.165, 1.54) is 5.56 Å². The Morgan fingerprint density at radius 1 is 1.07 bits per heavy atom. The second-order valence-corrected chi connectivity index (χ2v) is 3.77. The molecule has 2 unspecified atom stereocenters. The van der Waals surface area contributed by atoms with Crippen LogP contribution in [0.25, 0.3) is 0 Å². The minimum absolute atomic E-state index is 0. The van der Waals surface area contributed by atoms with Gasteiger partial charge >= 0.3 is 0 Å². The van der Waals surface area contributed by atoms with Crippen LogP contribution in [-0.4, -0.2) is 0 Å². The predicted molar refractivity (Wildman–Crippen MR) is 67.8 cm³/mol. The molecule has 14 heavy (non-hydrogen) atoms. The van der Waals surface area contributed by atoms with Gasteiger partial charge in [-0.1, -0.05) is 61.6 Å². The van der Waals surface area contributed by atoms with Crippen LogP contribution in [0.4, 0.5) is 0 Å². The summed E-state index contributed by atoms with van der Waals surface area (Å²) >= 11 is 0. The monoisotopic (exact) mass is 204 g/mol. The first-order valence-electron chi connectivity index (χ1n) is 4.71. The van der Waals surface area contributed by atoms with E-state index in [0.717, 1.165) is 6.42 Å². The third-order valence-corrected chi connectivity index (χ3v) is 2.69. The summed E-state index contributed by atoms with van der Waals surface area (Å²) in [6, 6.07) is 10.7. The molecule has 0 spiro atoms. The number of hydrogen-bond donors (Lipinski definition) is 0. The van der Waals surface area contributed by atoms with Crippen molar-refractivity contribution in [2.24, 2.45) is 0 Å². The Morgan fingerprint density at radius 3 is 2.36 bits per heavy atom. The molecule has 2 atom stereocenters. The fourth-order valence-corrected chi connectivity index (χ4v) is 1.76. The van der Waals surface area contributed by atoms with Crippen LogP contribution in [0.5, 0.6) is 0 Å². The van der Waals surface area contributed by atoms with Crippen LogP contribution in [-0.2, 0) is 5.41 Å². The average molecular weight is 204 g/mol. The first kappa shape index (κ1) is 11.2. The van der Waals surface area contributed by atoms with Crippen LogP contribution in [0.15, 0.2) is 54.6 Å². The first-order chi connectivity index (χ1) is 6.31. The number of benzene rings is 1. The van der Waals surface area contributed by atoms with E-state index >= 15 is 0 Å². The highest BCUT2D eigenvalue weighted by molar-refractivity contribution is 6.92. The SMILES string of the molecule is CC1(c2ccccc2)C=CC=CC1.P. The lowest BCUT2D eigenvalue weighted by atomic mass is 9.77. The highest BCUT2D eigenvalue weighted by atomic mass is 31.0. The zero-order valence-corrected chi connectivity index (χ0v) is 10.0. The smallest absolute Gasteiger partial charge is 0.0141 e. The standard InChI is InChI=1S/C13H14.H3P/c1-13(10-6-3-7-11-13)12-8-4-2-5-9-12;/h2-10H,11H2,1H3;1H3. The molecule has 1 aliphatic carbocycles. The van der Waals surface area contributed by atoms with E-state index in [1.807, 2.05) is 0 Å². The Balaban J connectivity index is 0.000000980. The molecular weight excluding hydrogens is 187 g/mol. The van der Waals surface area contributed by atoms with Crippen molar-refractivity contribution in [3.05, 3.63) is 60.2 Å². The molecule has 74 valence electrons. The van der Waals surface area contributed by atoms with Gasteiger partial charge in [0.1, 0.15) is 0 Å². The Hall–Kier alpha value is -0.870. The van der Waals surface area contributed by atoms with Crippen LogP contribution < -0.4 is 0 Å². The molecule has 0 saturated carbocycles. The summed E-state index contributed by atoms with van der Waals surface area (Å²) in [5.74, 6) is 0. The normalized spacial score (nSPS) is 24.4. The van der Waals surface area contributed by atoms with Gasteiger partial charge in [0, 0.05) is 5.41 Å². The zero-order valence-electron chi connectivity index (χ0n) is 8.61. The molecule has 0 saturated heterocycles. The van der Waals surface area contributed by atoms with Crippen LogP contribution in [0.3, 0.4) is 0 Å². The van der Waals surface area contributed by atoms with Crippen molar-refractivity contribution in [1.29, 1.82) is 0 Å². The summed E-state index contributed by atoms with van der Waals surface area (Å²) < 4.78 is 0. The lowest BCUT2D eigenvalue weighted by Crippen LogP contribution is -2.18. The van der Waals surface area contributed by atoms with Gasteiger partial charge in [-0.25, -0.2) is 0 Å². The lowest BCUT2D eigenvalue weighted by molar-refractivity contribution is 0.600. The Labute approximate surface area is 89.4 Å². The summed E-state index contributed by atoms with van der Waals surface area (Å²) in [6.45, 7) is 2.28. The molecular formula is C13H17P. The van der Waals surface area contributed by atoms with E-state index in [2.05, 4.69) is 61.6 Å². The van der Waals surface area contributed by atoms with Gasteiger partial charge in [0.15, 0.2) is 0 Å². The molecule has 1 aliphatic rings. The van der Waals surface area contributed by atoms with E-state index in [1.54, 1.807) is 0 Å². The number of hydrogen-bond acceptors (Lipinski definition) is 0. The number of allylic oxidation sites excluding steroid dienone is 4. The molecule has 0 bridgehead atoms. The summed E-state index contributed by atoms with van der Waals surface area (Å²) in [5.41, 5.74) is 1.60. The molecule has 0 heterocycles. The van der Waals surface area contributed by atoms with Crippen molar-refractivity contribution in [2.75, 3.05) is 0 Å². The highest BCUT2D eigenvalue weighted by Crippen LogP contribution is 2.31. The minimum atomic E-state index is 0. The highest BCUT2D eigenvalue weighted by Gasteiger charge is 2.22. The third kappa shape index (κ3) is 2.13. The molecule has 1 aromatic rings. The van der Waals surface area contributed by atoms with Crippen molar-refractivity contribution in [1.82, 2.24) is 0 Å². The van der Waals surface area contributed by atoms with Crippen LogP contribution >= 0.6 is 9.90 Å². The van der Waals surface area contributed by atoms with E-state index in [9.17, 15) is 0 Å². The molecule has 1 heteroatoms. The van der Waals surface area contributed by atoms with Gasteiger partial charge in [0.25, 0.3) is 0 Å². The van der Waals surface area contributed by atoms with Crippen LogP contribution in [0, 0.1) is 0 Å². The van der Waals surface area contributed by atoms with Crippen LogP contribution in [0.1, 0.15) is 18.9 Å². The maximum atomic E-state index is 2.28. The van der Waals surface area contributed by atoms with Gasteiger partial charge in [0.2, 0.25) is 0 Å². The average Bonchev–Trinajstić information content (AvgIpc) is 2.20. The lowest BCUT2D eigenvalue weighted by Gasteiger charge is -2.26. The fraction of sp³-hybridized carbons (Fsp3) is 0.231. The Bertz CT molecular complexity index is 338. The second kappa shape index (κ2) is 4.57. The Morgan fingerprint density at radius 2 is 1.79 bits per heavy atom. The molecule has 0 nitrogen and oxygen atoms in total. The maximum absolute atomic E-state index is 2.28. The summed E-state index contributed by atoms with van der Waals surface area (Å²) in [4.78, 5) is 0. The van der Waals surface area contributed by atoms with Gasteiger partial charge < -0.3 is 0 Å². The largest absolute Gasteiger partial charge is 0.153 e. The van der Waals surface area contributed by atoms with Gasteiger partial charge in [0.05, 0.1) is 0 Å². The van der Waals surface area contributed by atoms with Crippen molar-refractivity contribution < 1.29 is 0 Å². The summed E-state index contributed by atoms with van der Waals surface area (Å²) in [5, 5.41) is 0. The van der Waals surface area contributed by atoms with E-state index < -0.39 is 0 Å². The van der Waals surface area contributed by atoms with Crippen molar-refractivity contribution in [3.63, 3.8) is 0 Å². The van der Waals surface area contributed by atoms with E-state index in [0.29, 0.717) is 0 Å². The Kier molecular flexibility index (Phi) is 3.66. The van der Waals surface area contributed by atoms with Gasteiger partial charge in [-0.2, -0.15) is 9.90 Å². The molecule has 0 radical (unpaired) electrons. The van der Waals surface area contributed by atoms with Gasteiger partial charge in [-0.3, -0.25) is 0 Å². The third-order valence-electron chi connectivity index (χ3n) is 2.69. The molecule has 0 N–H and O–H groups in total. The molecule has 0 aromatic heterocycles. The van der Waals surface area contributed by atoms with Crippen LogP contribution in [0.2, 0.25) is 0 Å². The second-order valence-electron chi connectivity index (χ2n) is 3.77. The predicted octanol–water partition coefficient (Wildman–Crippen LogP) is 3.52. The number of rotatable bonds is 1. The molecule has 2 rings (SSSR count). The van der Waals surface area contributed by atoms with Gasteiger partial charge in [-0.05, 0) is 12.0 Å². The topological polar surface area (TPSA) is 0 Å². The van der Waals surface area contributed by atoms with Crippen molar-refractivity contribution in [3.8, 4) is 0 Å². The summed E-state index contributed by atoms with van der Waals surface area (Å²) in [6.07, 6.45) is 9.87. The summed E-state index contributed by atoms with van der Waals surface area (Å²) in [7, 11) is 0.